The van der Waals surface area contributed by atoms with Crippen LogP contribution in [0.2, 0.25) is 0 Å². The quantitative estimate of drug-likeness (QED) is 0.386. The molecule has 0 atom stereocenters. The summed E-state index contributed by atoms with van der Waals surface area (Å²) in [5, 5.41) is 15.4. The van der Waals surface area contributed by atoms with E-state index in [0.717, 1.165) is 6.20 Å². The van der Waals surface area contributed by atoms with E-state index >= 15 is 4.39 Å². The molecule has 0 amide bonds. The lowest BCUT2D eigenvalue weighted by Crippen LogP contribution is -2.26. The Morgan fingerprint density at radius 2 is 2.07 bits per heavy atom. The van der Waals surface area contributed by atoms with E-state index in [1.54, 1.807) is 6.20 Å². The lowest BCUT2D eigenvalue weighted by Gasteiger charge is -2.18. The summed E-state index contributed by atoms with van der Waals surface area (Å²) in [6, 6.07) is 6.96. The summed E-state index contributed by atoms with van der Waals surface area (Å²) in [5.74, 6) is -1.29. The minimum atomic E-state index is -1.37. The number of aromatic amines is 1. The number of hydrogen-bond donors (Lipinski definition) is 5. The smallest absolute Gasteiger partial charge is 0.341 e. The Balaban J connectivity index is 1.67. The molecule has 29 heavy (non-hydrogen) atoms. The predicted molar refractivity (Wildman–Crippen MR) is 108 cm³/mol. The summed E-state index contributed by atoms with van der Waals surface area (Å²) in [5.41, 5.74) is 4.71. The van der Waals surface area contributed by atoms with Gasteiger partial charge in [0.25, 0.3) is 0 Å². The molecule has 0 radical (unpaired) electrons. The SMILES string of the molecule is NC1(c2c(F)c(NCCNc3ccccn3)cc3[nH]cc(C(=O)O)c(=O)c23)CC1. The molecule has 2 heterocycles. The molecule has 0 spiro atoms. The first kappa shape index (κ1) is 18.9. The summed E-state index contributed by atoms with van der Waals surface area (Å²) in [4.78, 5) is 30.9. The van der Waals surface area contributed by atoms with Gasteiger partial charge in [0, 0.05) is 36.6 Å². The lowest BCUT2D eigenvalue weighted by molar-refractivity contribution is 0.0695. The Kier molecular flexibility index (Phi) is 4.67. The van der Waals surface area contributed by atoms with Gasteiger partial charge in [-0.15, -0.1) is 0 Å². The van der Waals surface area contributed by atoms with E-state index in [9.17, 15) is 14.7 Å². The number of aromatic carboxylic acids is 1. The Morgan fingerprint density at radius 1 is 1.31 bits per heavy atom. The summed E-state index contributed by atoms with van der Waals surface area (Å²) in [6.07, 6.45) is 3.85. The molecule has 9 heteroatoms. The summed E-state index contributed by atoms with van der Waals surface area (Å²) >= 11 is 0. The van der Waals surface area contributed by atoms with Crippen molar-refractivity contribution in [3.8, 4) is 0 Å². The maximum Gasteiger partial charge on any atom is 0.341 e. The van der Waals surface area contributed by atoms with Crippen LogP contribution in [0.4, 0.5) is 15.9 Å². The topological polar surface area (TPSA) is 133 Å². The molecule has 0 bridgehead atoms. The first-order valence-electron chi connectivity index (χ1n) is 9.20. The number of carboxylic acid groups (broad SMARTS) is 1. The van der Waals surface area contributed by atoms with Crippen LogP contribution in [-0.4, -0.2) is 34.1 Å². The van der Waals surface area contributed by atoms with Crippen molar-refractivity contribution in [1.29, 1.82) is 0 Å². The second-order valence-corrected chi connectivity index (χ2v) is 7.10. The molecule has 8 nitrogen and oxygen atoms in total. The summed E-state index contributed by atoms with van der Waals surface area (Å²) in [6.45, 7) is 0.888. The van der Waals surface area contributed by atoms with Crippen LogP contribution in [0, 0.1) is 5.82 Å². The van der Waals surface area contributed by atoms with Gasteiger partial charge in [0.1, 0.15) is 11.4 Å². The number of carbonyl (C=O) groups is 1. The van der Waals surface area contributed by atoms with E-state index in [0.29, 0.717) is 37.3 Å². The Labute approximate surface area is 165 Å². The van der Waals surface area contributed by atoms with Crippen LogP contribution in [-0.2, 0) is 5.54 Å². The van der Waals surface area contributed by atoms with Gasteiger partial charge in [-0.3, -0.25) is 4.79 Å². The van der Waals surface area contributed by atoms with Crippen LogP contribution in [0.25, 0.3) is 10.9 Å². The first-order valence-corrected chi connectivity index (χ1v) is 9.20. The predicted octanol–water partition coefficient (Wildman–Crippen LogP) is 2.23. The largest absolute Gasteiger partial charge is 0.477 e. The van der Waals surface area contributed by atoms with Crippen molar-refractivity contribution in [1.82, 2.24) is 9.97 Å². The lowest BCUT2D eigenvalue weighted by atomic mass is 9.96. The van der Waals surface area contributed by atoms with Crippen molar-refractivity contribution in [2.75, 3.05) is 23.7 Å². The van der Waals surface area contributed by atoms with Crippen LogP contribution >= 0.6 is 0 Å². The molecule has 1 aliphatic rings. The van der Waals surface area contributed by atoms with Crippen molar-refractivity contribution >= 4 is 28.4 Å². The van der Waals surface area contributed by atoms with Crippen molar-refractivity contribution in [2.24, 2.45) is 5.73 Å². The van der Waals surface area contributed by atoms with Crippen molar-refractivity contribution in [3.63, 3.8) is 0 Å². The van der Waals surface area contributed by atoms with E-state index in [2.05, 4.69) is 20.6 Å². The van der Waals surface area contributed by atoms with E-state index < -0.39 is 28.3 Å². The molecular formula is C20H20FN5O3. The third kappa shape index (κ3) is 3.52. The molecular weight excluding hydrogens is 377 g/mol. The average molecular weight is 397 g/mol. The number of H-pyrrole nitrogens is 1. The Bertz CT molecular complexity index is 1140. The summed E-state index contributed by atoms with van der Waals surface area (Å²) < 4.78 is 15.3. The van der Waals surface area contributed by atoms with Crippen LogP contribution in [0.1, 0.15) is 28.8 Å². The van der Waals surface area contributed by atoms with E-state index in [1.807, 2.05) is 18.2 Å². The van der Waals surface area contributed by atoms with E-state index in [4.69, 9.17) is 5.73 Å². The number of pyridine rings is 2. The summed E-state index contributed by atoms with van der Waals surface area (Å²) in [7, 11) is 0. The van der Waals surface area contributed by atoms with Crippen LogP contribution in [0.15, 0.2) is 41.5 Å². The highest BCUT2D eigenvalue weighted by atomic mass is 19.1. The number of carboxylic acids is 1. The maximum atomic E-state index is 15.3. The second kappa shape index (κ2) is 7.17. The molecule has 1 aromatic carbocycles. The first-order chi connectivity index (χ1) is 13.9. The number of nitrogens with two attached hydrogens (primary N) is 1. The molecule has 3 aromatic rings. The number of fused-ring (bicyclic) bond motifs is 1. The highest BCUT2D eigenvalue weighted by molar-refractivity contribution is 5.95. The third-order valence-corrected chi connectivity index (χ3v) is 5.04. The normalized spacial score (nSPS) is 14.6. The molecule has 1 aliphatic carbocycles. The highest BCUT2D eigenvalue weighted by Crippen LogP contribution is 2.47. The Hall–Kier alpha value is -3.46. The molecule has 2 aromatic heterocycles. The number of benzene rings is 1. The van der Waals surface area contributed by atoms with Gasteiger partial charge in [0.2, 0.25) is 5.43 Å². The van der Waals surface area contributed by atoms with Gasteiger partial charge in [0.05, 0.1) is 16.6 Å². The number of anilines is 2. The van der Waals surface area contributed by atoms with Gasteiger partial charge in [-0.25, -0.2) is 14.2 Å². The zero-order valence-corrected chi connectivity index (χ0v) is 15.5. The standard InChI is InChI=1S/C20H20FN5O3/c21-17-13(23-7-8-25-14-3-1-2-6-24-14)9-12-15(16(17)20(22)4-5-20)18(27)11(10-26-12)19(28)29/h1-3,6,9-10,23H,4-5,7-8,22H2,(H,24,25)(H,26,27)(H,28,29). The third-order valence-electron chi connectivity index (χ3n) is 5.04. The van der Waals surface area contributed by atoms with Crippen molar-refractivity contribution < 1.29 is 14.3 Å². The van der Waals surface area contributed by atoms with Gasteiger partial charge in [-0.05, 0) is 31.0 Å². The molecule has 0 aliphatic heterocycles. The number of halogens is 1. The molecule has 150 valence electrons. The van der Waals surface area contributed by atoms with Crippen LogP contribution in [0.5, 0.6) is 0 Å². The molecule has 4 rings (SSSR count). The molecule has 0 unspecified atom stereocenters. The molecule has 0 saturated heterocycles. The molecule has 1 saturated carbocycles. The van der Waals surface area contributed by atoms with Crippen molar-refractivity contribution in [3.05, 3.63) is 63.8 Å². The number of nitrogens with one attached hydrogen (secondary N) is 3. The van der Waals surface area contributed by atoms with Crippen LogP contribution < -0.4 is 21.8 Å². The Morgan fingerprint density at radius 3 is 2.72 bits per heavy atom. The number of nitrogens with zero attached hydrogens (tertiary/aromatic N) is 1. The second-order valence-electron chi connectivity index (χ2n) is 7.10. The minimum absolute atomic E-state index is 0.000407. The number of aromatic nitrogens is 2. The highest BCUT2D eigenvalue weighted by Gasteiger charge is 2.44. The van der Waals surface area contributed by atoms with Crippen LogP contribution in [0.3, 0.4) is 0 Å². The average Bonchev–Trinajstić information content (AvgIpc) is 3.44. The van der Waals surface area contributed by atoms with E-state index in [-0.39, 0.29) is 16.6 Å². The van der Waals surface area contributed by atoms with Crippen molar-refractivity contribution in [2.45, 2.75) is 18.4 Å². The van der Waals surface area contributed by atoms with Gasteiger partial charge in [0.15, 0.2) is 5.82 Å². The van der Waals surface area contributed by atoms with Gasteiger partial charge >= 0.3 is 5.97 Å². The molecule has 6 N–H and O–H groups in total. The fourth-order valence-electron chi connectivity index (χ4n) is 3.35. The number of rotatable bonds is 7. The monoisotopic (exact) mass is 397 g/mol. The van der Waals surface area contributed by atoms with Gasteiger partial charge in [-0.2, -0.15) is 0 Å². The molecule has 1 fully saturated rings. The van der Waals surface area contributed by atoms with Gasteiger partial charge < -0.3 is 26.5 Å². The minimum Gasteiger partial charge on any atom is -0.477 e. The fraction of sp³-hybridized carbons (Fsp3) is 0.250. The van der Waals surface area contributed by atoms with E-state index in [1.165, 1.54) is 6.07 Å². The zero-order valence-electron chi connectivity index (χ0n) is 15.5. The fourth-order valence-corrected chi connectivity index (χ4v) is 3.35. The maximum absolute atomic E-state index is 15.3. The van der Waals surface area contributed by atoms with Gasteiger partial charge in [-0.1, -0.05) is 6.07 Å². The number of hydrogen-bond acceptors (Lipinski definition) is 6. The zero-order chi connectivity index (χ0) is 20.6.